The molecule has 0 unspecified atom stereocenters. The van der Waals surface area contributed by atoms with Gasteiger partial charge in [0.1, 0.15) is 5.82 Å². The van der Waals surface area contributed by atoms with Crippen molar-refractivity contribution in [1.29, 1.82) is 0 Å². The van der Waals surface area contributed by atoms with Crippen LogP contribution in [0.4, 0.5) is 0 Å². The molecule has 0 bridgehead atoms. The summed E-state index contributed by atoms with van der Waals surface area (Å²) in [5.41, 5.74) is 5.07. The van der Waals surface area contributed by atoms with Gasteiger partial charge in [-0.3, -0.25) is 0 Å². The Labute approximate surface area is 121 Å². The van der Waals surface area contributed by atoms with Crippen molar-refractivity contribution >= 4 is 0 Å². The Morgan fingerprint density at radius 2 is 1.95 bits per heavy atom. The number of aromatic nitrogens is 2. The first-order chi connectivity index (χ1) is 9.35. The second-order valence-electron chi connectivity index (χ2n) is 6.49. The van der Waals surface area contributed by atoms with Gasteiger partial charge in [0, 0.05) is 24.1 Å². The summed E-state index contributed by atoms with van der Waals surface area (Å²) >= 11 is 0. The van der Waals surface area contributed by atoms with Gasteiger partial charge in [-0.1, -0.05) is 23.8 Å². The average Bonchev–Trinajstić information content (AvgIpc) is 2.75. The van der Waals surface area contributed by atoms with E-state index in [1.807, 2.05) is 6.20 Å². The summed E-state index contributed by atoms with van der Waals surface area (Å²) < 4.78 is 0. The van der Waals surface area contributed by atoms with Gasteiger partial charge in [0.25, 0.3) is 0 Å². The van der Waals surface area contributed by atoms with E-state index in [0.29, 0.717) is 0 Å². The first kappa shape index (κ1) is 14.8. The van der Waals surface area contributed by atoms with Gasteiger partial charge in [-0.25, -0.2) is 4.98 Å². The molecule has 0 fully saturated rings. The van der Waals surface area contributed by atoms with Crippen molar-refractivity contribution in [1.82, 2.24) is 15.3 Å². The van der Waals surface area contributed by atoms with E-state index in [1.54, 1.807) is 0 Å². The number of hydrogen-bond acceptors (Lipinski definition) is 2. The van der Waals surface area contributed by atoms with Crippen molar-refractivity contribution in [3.05, 3.63) is 41.3 Å². The Hall–Kier alpha value is -1.61. The van der Waals surface area contributed by atoms with E-state index in [4.69, 9.17) is 0 Å². The summed E-state index contributed by atoms with van der Waals surface area (Å²) in [7, 11) is 0. The van der Waals surface area contributed by atoms with Gasteiger partial charge in [0.2, 0.25) is 0 Å². The molecule has 0 saturated heterocycles. The topological polar surface area (TPSA) is 40.7 Å². The molecule has 0 aliphatic rings. The maximum Gasteiger partial charge on any atom is 0.107 e. The number of rotatable bonds is 4. The Balaban J connectivity index is 2.05. The lowest BCUT2D eigenvalue weighted by Crippen LogP contribution is -2.37. The molecular formula is C17H25N3. The Morgan fingerprint density at radius 1 is 1.20 bits per heavy atom. The maximum absolute atomic E-state index is 4.48. The second kappa shape index (κ2) is 5.80. The van der Waals surface area contributed by atoms with E-state index < -0.39 is 0 Å². The minimum Gasteiger partial charge on any atom is -0.342 e. The molecule has 1 aromatic carbocycles. The third kappa shape index (κ3) is 3.94. The quantitative estimate of drug-likeness (QED) is 0.891. The highest BCUT2D eigenvalue weighted by Crippen LogP contribution is 2.22. The summed E-state index contributed by atoms with van der Waals surface area (Å²) in [6.45, 7) is 11.7. The van der Waals surface area contributed by atoms with E-state index in [9.17, 15) is 0 Å². The van der Waals surface area contributed by atoms with Crippen LogP contribution in [-0.2, 0) is 6.42 Å². The summed E-state index contributed by atoms with van der Waals surface area (Å²) in [5.74, 6) is 1.04. The Kier molecular flexibility index (Phi) is 4.29. The first-order valence-electron chi connectivity index (χ1n) is 7.22. The molecule has 0 amide bonds. The lowest BCUT2D eigenvalue weighted by Gasteiger charge is -2.19. The average molecular weight is 271 g/mol. The van der Waals surface area contributed by atoms with Crippen LogP contribution >= 0.6 is 0 Å². The molecule has 0 atom stereocenters. The van der Waals surface area contributed by atoms with Gasteiger partial charge < -0.3 is 10.3 Å². The van der Waals surface area contributed by atoms with Gasteiger partial charge in [-0.15, -0.1) is 0 Å². The number of nitrogens with zero attached hydrogens (tertiary/aromatic N) is 1. The largest absolute Gasteiger partial charge is 0.342 e. The van der Waals surface area contributed by atoms with Crippen LogP contribution in [0.2, 0.25) is 0 Å². The molecule has 0 aliphatic carbocycles. The molecule has 20 heavy (non-hydrogen) atoms. The van der Waals surface area contributed by atoms with E-state index in [-0.39, 0.29) is 5.54 Å². The first-order valence-corrected chi connectivity index (χ1v) is 7.22. The fraction of sp³-hybridized carbons (Fsp3) is 0.471. The molecule has 3 nitrogen and oxygen atoms in total. The third-order valence-electron chi connectivity index (χ3n) is 3.32. The highest BCUT2D eigenvalue weighted by molar-refractivity contribution is 5.63. The second-order valence-corrected chi connectivity index (χ2v) is 6.49. The zero-order chi connectivity index (χ0) is 14.8. The van der Waals surface area contributed by atoms with Crippen LogP contribution in [0.25, 0.3) is 11.3 Å². The van der Waals surface area contributed by atoms with Crippen LogP contribution in [0.3, 0.4) is 0 Å². The number of imidazole rings is 1. The maximum atomic E-state index is 4.48. The van der Waals surface area contributed by atoms with E-state index in [0.717, 1.165) is 24.5 Å². The number of aryl methyl sites for hydroxylation is 2. The Morgan fingerprint density at radius 3 is 2.60 bits per heavy atom. The zero-order valence-corrected chi connectivity index (χ0v) is 13.2. The SMILES string of the molecule is Cc1ccc(-c2cnc(CCNC(C)(C)C)[nH]2)c(C)c1. The number of H-pyrrole nitrogens is 1. The number of nitrogens with one attached hydrogen (secondary N) is 2. The van der Waals surface area contributed by atoms with Crippen LogP contribution in [-0.4, -0.2) is 22.1 Å². The lowest BCUT2D eigenvalue weighted by molar-refractivity contribution is 0.427. The van der Waals surface area contributed by atoms with Crippen LogP contribution in [0.5, 0.6) is 0 Å². The minimum absolute atomic E-state index is 0.156. The molecule has 2 aromatic rings. The molecule has 0 aliphatic heterocycles. The monoisotopic (exact) mass is 271 g/mol. The molecule has 1 aromatic heterocycles. The summed E-state index contributed by atoms with van der Waals surface area (Å²) in [5, 5.41) is 3.48. The van der Waals surface area contributed by atoms with Gasteiger partial charge in [-0.2, -0.15) is 0 Å². The molecule has 0 saturated carbocycles. The molecule has 2 N–H and O–H groups in total. The molecule has 0 radical (unpaired) electrons. The smallest absolute Gasteiger partial charge is 0.107 e. The van der Waals surface area contributed by atoms with E-state index in [1.165, 1.54) is 16.7 Å². The third-order valence-corrected chi connectivity index (χ3v) is 3.32. The fourth-order valence-corrected chi connectivity index (χ4v) is 2.30. The summed E-state index contributed by atoms with van der Waals surface area (Å²) in [4.78, 5) is 7.91. The van der Waals surface area contributed by atoms with Crippen molar-refractivity contribution in [2.75, 3.05) is 6.54 Å². The summed E-state index contributed by atoms with van der Waals surface area (Å²) in [6, 6.07) is 6.51. The highest BCUT2D eigenvalue weighted by atomic mass is 15.0. The van der Waals surface area contributed by atoms with Crippen LogP contribution in [0, 0.1) is 13.8 Å². The Bertz CT molecular complexity index is 576. The highest BCUT2D eigenvalue weighted by Gasteiger charge is 2.09. The molecule has 3 heteroatoms. The zero-order valence-electron chi connectivity index (χ0n) is 13.2. The summed E-state index contributed by atoms with van der Waals surface area (Å²) in [6.07, 6.45) is 2.85. The van der Waals surface area contributed by atoms with Crippen LogP contribution < -0.4 is 5.32 Å². The minimum atomic E-state index is 0.156. The fourth-order valence-electron chi connectivity index (χ4n) is 2.30. The van der Waals surface area contributed by atoms with Crippen molar-refractivity contribution in [3.63, 3.8) is 0 Å². The molecule has 1 heterocycles. The van der Waals surface area contributed by atoms with Crippen LogP contribution in [0.15, 0.2) is 24.4 Å². The van der Waals surface area contributed by atoms with Crippen molar-refractivity contribution in [2.24, 2.45) is 0 Å². The number of benzene rings is 1. The predicted octanol–water partition coefficient (Wildman–Crippen LogP) is 3.62. The van der Waals surface area contributed by atoms with E-state index in [2.05, 4.69) is 68.1 Å². The van der Waals surface area contributed by atoms with Gasteiger partial charge in [0.05, 0.1) is 11.9 Å². The molecule has 0 spiro atoms. The molecular weight excluding hydrogens is 246 g/mol. The number of aromatic amines is 1. The van der Waals surface area contributed by atoms with E-state index >= 15 is 0 Å². The number of hydrogen-bond donors (Lipinski definition) is 2. The van der Waals surface area contributed by atoms with Crippen molar-refractivity contribution in [2.45, 2.75) is 46.6 Å². The van der Waals surface area contributed by atoms with Gasteiger partial charge in [-0.05, 0) is 40.2 Å². The van der Waals surface area contributed by atoms with Gasteiger partial charge in [0.15, 0.2) is 0 Å². The van der Waals surface area contributed by atoms with Crippen molar-refractivity contribution < 1.29 is 0 Å². The normalized spacial score (nSPS) is 11.8. The predicted molar refractivity (Wildman–Crippen MR) is 85.0 cm³/mol. The van der Waals surface area contributed by atoms with Gasteiger partial charge >= 0.3 is 0 Å². The molecule has 2 rings (SSSR count). The van der Waals surface area contributed by atoms with Crippen molar-refractivity contribution in [3.8, 4) is 11.3 Å². The standard InChI is InChI=1S/C17H25N3/c1-12-6-7-14(13(2)10-12)15-11-18-16(20-15)8-9-19-17(3,4)5/h6-7,10-11,19H,8-9H2,1-5H3,(H,18,20). The molecule has 108 valence electrons. The lowest BCUT2D eigenvalue weighted by atomic mass is 10.0. The van der Waals surface area contributed by atoms with Crippen LogP contribution in [0.1, 0.15) is 37.7 Å².